The Balaban J connectivity index is 2.23. The van der Waals surface area contributed by atoms with Crippen molar-refractivity contribution in [2.75, 3.05) is 34.4 Å². The van der Waals surface area contributed by atoms with Crippen molar-refractivity contribution >= 4 is 11.6 Å². The summed E-state index contributed by atoms with van der Waals surface area (Å²) in [4.78, 5) is 19.5. The molecule has 132 valence electrons. The smallest absolute Gasteiger partial charge is 0.266 e. The summed E-state index contributed by atoms with van der Waals surface area (Å²) in [6.45, 7) is 5.18. The van der Waals surface area contributed by atoms with Gasteiger partial charge in [0.05, 0.1) is 27.0 Å². The first-order valence-corrected chi connectivity index (χ1v) is 7.91. The second-order valence-electron chi connectivity index (χ2n) is 5.26. The van der Waals surface area contributed by atoms with Gasteiger partial charge < -0.3 is 23.9 Å². The average Bonchev–Trinajstić information content (AvgIpc) is 3.11. The van der Waals surface area contributed by atoms with Crippen LogP contribution in [-0.2, 0) is 9.63 Å². The first-order valence-electron chi connectivity index (χ1n) is 7.91. The molecule has 1 aliphatic rings. The highest BCUT2D eigenvalue weighted by Crippen LogP contribution is 2.39. The minimum absolute atomic E-state index is 0.0498. The van der Waals surface area contributed by atoms with E-state index in [0.717, 1.165) is 5.56 Å². The molecule has 1 amide bonds. The Kier molecular flexibility index (Phi) is 5.89. The number of oxime groups is 1. The molecule has 1 aliphatic heterocycles. The SMILES string of the molecule is CCN(CC)C(=O)C1CC(c2cc(OC)c(OC)c(OC)c2)=NO1. The number of hydrogen-bond acceptors (Lipinski definition) is 6. The Morgan fingerprint density at radius 1 is 1.17 bits per heavy atom. The lowest BCUT2D eigenvalue weighted by Crippen LogP contribution is -2.39. The molecule has 0 fully saturated rings. The Morgan fingerprint density at radius 2 is 1.75 bits per heavy atom. The quantitative estimate of drug-likeness (QED) is 0.762. The average molecular weight is 336 g/mol. The standard InChI is InChI=1S/C17H24N2O5/c1-6-19(7-2)17(20)15-10-12(18-24-15)11-8-13(21-3)16(23-5)14(9-11)22-4/h8-9,15H,6-7,10H2,1-5H3. The molecule has 0 spiro atoms. The molecule has 1 heterocycles. The molecule has 2 rings (SSSR count). The number of methoxy groups -OCH3 is 3. The van der Waals surface area contributed by atoms with Crippen molar-refractivity contribution in [2.45, 2.75) is 26.4 Å². The fraction of sp³-hybridized carbons (Fsp3) is 0.529. The second kappa shape index (κ2) is 7.90. The van der Waals surface area contributed by atoms with Crippen LogP contribution in [0.5, 0.6) is 17.2 Å². The van der Waals surface area contributed by atoms with E-state index in [1.165, 1.54) is 0 Å². The number of carbonyl (C=O) groups excluding carboxylic acids is 1. The van der Waals surface area contributed by atoms with Gasteiger partial charge in [0, 0.05) is 25.1 Å². The number of likely N-dealkylation sites (N-methyl/N-ethyl adjacent to an activating group) is 1. The van der Waals surface area contributed by atoms with Gasteiger partial charge in [-0.1, -0.05) is 5.16 Å². The van der Waals surface area contributed by atoms with E-state index in [2.05, 4.69) is 5.16 Å². The molecule has 1 unspecified atom stereocenters. The highest BCUT2D eigenvalue weighted by Gasteiger charge is 2.32. The largest absolute Gasteiger partial charge is 0.493 e. The van der Waals surface area contributed by atoms with E-state index in [0.29, 0.717) is 42.5 Å². The van der Waals surface area contributed by atoms with E-state index < -0.39 is 6.10 Å². The first-order chi connectivity index (χ1) is 11.6. The van der Waals surface area contributed by atoms with Crippen LogP contribution in [-0.4, -0.2) is 57.0 Å². The van der Waals surface area contributed by atoms with E-state index in [4.69, 9.17) is 19.0 Å². The van der Waals surface area contributed by atoms with E-state index in [1.807, 2.05) is 13.8 Å². The van der Waals surface area contributed by atoms with Crippen LogP contribution in [0.4, 0.5) is 0 Å². The number of nitrogens with zero attached hydrogens (tertiary/aromatic N) is 2. The van der Waals surface area contributed by atoms with Gasteiger partial charge in [-0.05, 0) is 26.0 Å². The number of rotatable bonds is 7. The number of hydrogen-bond donors (Lipinski definition) is 0. The lowest BCUT2D eigenvalue weighted by Gasteiger charge is -2.21. The molecule has 0 saturated heterocycles. The molecule has 0 N–H and O–H groups in total. The molecule has 0 bridgehead atoms. The first kappa shape index (κ1) is 17.9. The van der Waals surface area contributed by atoms with Crippen LogP contribution in [0.3, 0.4) is 0 Å². The van der Waals surface area contributed by atoms with Crippen LogP contribution < -0.4 is 14.2 Å². The van der Waals surface area contributed by atoms with Crippen molar-refractivity contribution < 1.29 is 23.8 Å². The van der Waals surface area contributed by atoms with Gasteiger partial charge in [0.15, 0.2) is 11.5 Å². The zero-order chi connectivity index (χ0) is 17.7. The summed E-state index contributed by atoms with van der Waals surface area (Å²) in [5.41, 5.74) is 1.46. The molecule has 7 heteroatoms. The van der Waals surface area contributed by atoms with Crippen LogP contribution in [0.15, 0.2) is 17.3 Å². The monoisotopic (exact) mass is 336 g/mol. The maximum absolute atomic E-state index is 12.4. The fourth-order valence-corrected chi connectivity index (χ4v) is 2.67. The molecule has 1 aromatic rings. The third kappa shape index (κ3) is 3.39. The van der Waals surface area contributed by atoms with Crippen LogP contribution in [0.2, 0.25) is 0 Å². The van der Waals surface area contributed by atoms with Crippen molar-refractivity contribution in [3.8, 4) is 17.2 Å². The molecule has 24 heavy (non-hydrogen) atoms. The topological polar surface area (TPSA) is 69.6 Å². The van der Waals surface area contributed by atoms with Crippen molar-refractivity contribution in [3.63, 3.8) is 0 Å². The molecule has 0 saturated carbocycles. The fourth-order valence-electron chi connectivity index (χ4n) is 2.67. The summed E-state index contributed by atoms with van der Waals surface area (Å²) in [6.07, 6.45) is -0.174. The van der Waals surface area contributed by atoms with Gasteiger partial charge >= 0.3 is 0 Å². The van der Waals surface area contributed by atoms with Crippen molar-refractivity contribution in [1.82, 2.24) is 4.90 Å². The van der Waals surface area contributed by atoms with Crippen molar-refractivity contribution in [1.29, 1.82) is 0 Å². The molecular weight excluding hydrogens is 312 g/mol. The van der Waals surface area contributed by atoms with E-state index >= 15 is 0 Å². The Morgan fingerprint density at radius 3 is 2.21 bits per heavy atom. The highest BCUT2D eigenvalue weighted by molar-refractivity contribution is 6.04. The van der Waals surface area contributed by atoms with Crippen LogP contribution in [0.1, 0.15) is 25.8 Å². The summed E-state index contributed by atoms with van der Waals surface area (Å²) in [5, 5.41) is 4.08. The molecule has 0 radical (unpaired) electrons. The molecular formula is C17H24N2O5. The molecule has 1 atom stereocenters. The van der Waals surface area contributed by atoms with Gasteiger partial charge in [0.25, 0.3) is 5.91 Å². The third-order valence-corrected chi connectivity index (χ3v) is 4.02. The predicted molar refractivity (Wildman–Crippen MR) is 90.1 cm³/mol. The van der Waals surface area contributed by atoms with Crippen molar-refractivity contribution in [3.05, 3.63) is 17.7 Å². The zero-order valence-electron chi connectivity index (χ0n) is 14.8. The number of ether oxygens (including phenoxy) is 3. The summed E-state index contributed by atoms with van der Waals surface area (Å²) in [6, 6.07) is 3.60. The second-order valence-corrected chi connectivity index (χ2v) is 5.26. The number of carbonyl (C=O) groups is 1. The lowest BCUT2D eigenvalue weighted by molar-refractivity contribution is -0.141. The number of benzene rings is 1. The van der Waals surface area contributed by atoms with Gasteiger partial charge in [-0.25, -0.2) is 0 Å². The predicted octanol–water partition coefficient (Wildman–Crippen LogP) is 2.07. The number of amides is 1. The summed E-state index contributed by atoms with van der Waals surface area (Å²) < 4.78 is 16.0. The third-order valence-electron chi connectivity index (χ3n) is 4.02. The Labute approximate surface area is 142 Å². The van der Waals surface area contributed by atoms with Crippen LogP contribution in [0, 0.1) is 0 Å². The molecule has 7 nitrogen and oxygen atoms in total. The van der Waals surface area contributed by atoms with Crippen molar-refractivity contribution in [2.24, 2.45) is 5.16 Å². The summed E-state index contributed by atoms with van der Waals surface area (Å²) in [7, 11) is 4.66. The normalized spacial score (nSPS) is 16.2. The van der Waals surface area contributed by atoms with E-state index in [-0.39, 0.29) is 5.91 Å². The molecule has 1 aromatic carbocycles. The minimum atomic E-state index is -0.584. The summed E-state index contributed by atoms with van der Waals surface area (Å²) in [5.74, 6) is 1.53. The lowest BCUT2D eigenvalue weighted by atomic mass is 10.0. The van der Waals surface area contributed by atoms with E-state index in [1.54, 1.807) is 38.4 Å². The molecule has 0 aliphatic carbocycles. The minimum Gasteiger partial charge on any atom is -0.493 e. The van der Waals surface area contributed by atoms with Gasteiger partial charge in [-0.2, -0.15) is 0 Å². The van der Waals surface area contributed by atoms with Crippen LogP contribution >= 0.6 is 0 Å². The van der Waals surface area contributed by atoms with Crippen LogP contribution in [0.25, 0.3) is 0 Å². The Hall–Kier alpha value is -2.44. The van der Waals surface area contributed by atoms with E-state index in [9.17, 15) is 4.79 Å². The summed E-state index contributed by atoms with van der Waals surface area (Å²) >= 11 is 0. The van der Waals surface area contributed by atoms with Gasteiger partial charge in [-0.15, -0.1) is 0 Å². The molecule has 0 aromatic heterocycles. The maximum atomic E-state index is 12.4. The van der Waals surface area contributed by atoms with Gasteiger partial charge in [-0.3, -0.25) is 4.79 Å². The Bertz CT molecular complexity index is 600. The highest BCUT2D eigenvalue weighted by atomic mass is 16.6. The maximum Gasteiger partial charge on any atom is 0.266 e. The van der Waals surface area contributed by atoms with Gasteiger partial charge in [0.1, 0.15) is 0 Å². The zero-order valence-corrected chi connectivity index (χ0v) is 14.8. The van der Waals surface area contributed by atoms with Gasteiger partial charge in [0.2, 0.25) is 11.9 Å².